The summed E-state index contributed by atoms with van der Waals surface area (Å²) in [6.07, 6.45) is 2.41. The lowest BCUT2D eigenvalue weighted by molar-refractivity contribution is -0.140. The Morgan fingerprint density at radius 1 is 1.06 bits per heavy atom. The Balaban J connectivity index is 1.50. The van der Waals surface area contributed by atoms with Gasteiger partial charge in [-0.1, -0.05) is 24.3 Å². The number of fused-ring (bicyclic) bond motifs is 4. The molecule has 1 spiro atoms. The molecule has 34 heavy (non-hydrogen) atoms. The number of nitrogens with zero attached hydrogens (tertiary/aromatic N) is 2. The third-order valence-electron chi connectivity index (χ3n) is 6.63. The summed E-state index contributed by atoms with van der Waals surface area (Å²) in [6.45, 7) is 1.44. The minimum atomic E-state index is -0.602. The van der Waals surface area contributed by atoms with Gasteiger partial charge in [-0.2, -0.15) is 0 Å². The van der Waals surface area contributed by atoms with Crippen LogP contribution in [0.25, 0.3) is 0 Å². The summed E-state index contributed by atoms with van der Waals surface area (Å²) in [5, 5.41) is 5.77. The molecule has 4 bridgehead atoms. The highest BCUT2D eigenvalue weighted by molar-refractivity contribution is 5.85. The zero-order valence-corrected chi connectivity index (χ0v) is 19.8. The lowest BCUT2D eigenvalue weighted by atomic mass is 9.73. The van der Waals surface area contributed by atoms with Crippen molar-refractivity contribution in [2.75, 3.05) is 40.3 Å². The van der Waals surface area contributed by atoms with Gasteiger partial charge < -0.3 is 25.2 Å². The molecular formula is C26H32N4O4. The molecule has 0 atom stereocenters. The van der Waals surface area contributed by atoms with Gasteiger partial charge in [0.1, 0.15) is 11.5 Å². The van der Waals surface area contributed by atoms with Crippen molar-refractivity contribution in [1.29, 1.82) is 0 Å². The SMILES string of the molecule is CN(C)C(=O)NCC(=O)N1CCC2(CC1)Cc1cccc(c1)Oc1cccc(c1)CCNC2=O. The van der Waals surface area contributed by atoms with Crippen LogP contribution in [-0.4, -0.2) is 67.9 Å². The number of carbonyl (C=O) groups is 3. The Kier molecular flexibility index (Phi) is 7.05. The number of benzene rings is 2. The van der Waals surface area contributed by atoms with Crippen LogP contribution in [0, 0.1) is 5.41 Å². The number of piperidine rings is 1. The third-order valence-corrected chi connectivity index (χ3v) is 6.63. The highest BCUT2D eigenvalue weighted by Crippen LogP contribution is 2.37. The molecular weight excluding hydrogens is 432 g/mol. The second-order valence-corrected chi connectivity index (χ2v) is 9.29. The van der Waals surface area contributed by atoms with Gasteiger partial charge in [0.15, 0.2) is 0 Å². The van der Waals surface area contributed by atoms with Crippen LogP contribution in [0.1, 0.15) is 24.0 Å². The number of hydrogen-bond donors (Lipinski definition) is 2. The molecule has 2 aliphatic rings. The maximum Gasteiger partial charge on any atom is 0.317 e. The highest BCUT2D eigenvalue weighted by atomic mass is 16.5. The van der Waals surface area contributed by atoms with Crippen LogP contribution >= 0.6 is 0 Å². The van der Waals surface area contributed by atoms with E-state index in [1.807, 2.05) is 48.5 Å². The van der Waals surface area contributed by atoms with Gasteiger partial charge in [-0.15, -0.1) is 0 Å². The Labute approximate surface area is 200 Å². The van der Waals surface area contributed by atoms with Gasteiger partial charge in [0.05, 0.1) is 12.0 Å². The van der Waals surface area contributed by atoms with Gasteiger partial charge in [0.25, 0.3) is 0 Å². The lowest BCUT2D eigenvalue weighted by Gasteiger charge is -2.41. The topological polar surface area (TPSA) is 91.0 Å². The second kappa shape index (κ2) is 10.2. The average Bonchev–Trinajstić information content (AvgIpc) is 2.83. The first-order valence-corrected chi connectivity index (χ1v) is 11.7. The minimum absolute atomic E-state index is 0.0298. The number of nitrogens with one attached hydrogen (secondary N) is 2. The molecule has 8 nitrogen and oxygen atoms in total. The van der Waals surface area contributed by atoms with E-state index in [2.05, 4.69) is 10.6 Å². The first-order valence-electron chi connectivity index (χ1n) is 11.7. The summed E-state index contributed by atoms with van der Waals surface area (Å²) in [5.41, 5.74) is 1.53. The van der Waals surface area contributed by atoms with Gasteiger partial charge in [-0.3, -0.25) is 9.59 Å². The number of hydrogen-bond acceptors (Lipinski definition) is 4. The molecule has 2 heterocycles. The molecule has 0 aliphatic carbocycles. The molecule has 4 amide bonds. The van der Waals surface area contributed by atoms with Crippen molar-refractivity contribution in [3.63, 3.8) is 0 Å². The molecule has 8 heteroatoms. The Hall–Kier alpha value is -3.55. The van der Waals surface area contributed by atoms with Crippen molar-refractivity contribution in [2.24, 2.45) is 5.41 Å². The van der Waals surface area contributed by atoms with Crippen molar-refractivity contribution in [2.45, 2.75) is 25.7 Å². The zero-order chi connectivity index (χ0) is 24.1. The quantitative estimate of drug-likeness (QED) is 0.715. The van der Waals surface area contributed by atoms with Crippen molar-refractivity contribution >= 4 is 17.8 Å². The van der Waals surface area contributed by atoms with E-state index < -0.39 is 5.41 Å². The molecule has 0 aromatic heterocycles. The molecule has 2 aromatic rings. The number of likely N-dealkylation sites (tertiary alicyclic amines) is 1. The number of urea groups is 1. The molecule has 4 rings (SSSR count). The molecule has 0 radical (unpaired) electrons. The standard InChI is InChI=1S/C26H32N4O4/c1-29(2)25(33)28-18-23(31)30-13-10-26(11-14-30)17-20-6-4-8-22(16-20)34-21-7-3-5-19(15-21)9-12-27-24(26)32/h3-8,15-16H,9-14,17-18H2,1-2H3,(H,27,32)(H,28,33). The van der Waals surface area contributed by atoms with Crippen molar-refractivity contribution in [1.82, 2.24) is 20.4 Å². The van der Waals surface area contributed by atoms with E-state index in [0.29, 0.717) is 45.3 Å². The van der Waals surface area contributed by atoms with Crippen molar-refractivity contribution in [3.05, 3.63) is 59.7 Å². The van der Waals surface area contributed by atoms with Crippen molar-refractivity contribution in [3.8, 4) is 11.5 Å². The van der Waals surface area contributed by atoms with Crippen LogP contribution in [-0.2, 0) is 22.4 Å². The number of amides is 4. The summed E-state index contributed by atoms with van der Waals surface area (Å²) >= 11 is 0. The molecule has 2 aliphatic heterocycles. The van der Waals surface area contributed by atoms with E-state index in [0.717, 1.165) is 22.6 Å². The molecule has 2 N–H and O–H groups in total. The highest BCUT2D eigenvalue weighted by Gasteiger charge is 2.42. The molecule has 2 aromatic carbocycles. The summed E-state index contributed by atoms with van der Waals surface area (Å²) in [5.74, 6) is 1.42. The van der Waals surface area contributed by atoms with E-state index in [1.165, 1.54) is 4.90 Å². The molecule has 1 saturated heterocycles. The minimum Gasteiger partial charge on any atom is -0.457 e. The average molecular weight is 465 g/mol. The fraction of sp³-hybridized carbons (Fsp3) is 0.423. The fourth-order valence-corrected chi connectivity index (χ4v) is 4.61. The number of ether oxygens (including phenoxy) is 1. The predicted molar refractivity (Wildman–Crippen MR) is 129 cm³/mol. The lowest BCUT2D eigenvalue weighted by Crippen LogP contribution is -2.53. The fourth-order valence-electron chi connectivity index (χ4n) is 4.61. The summed E-state index contributed by atoms with van der Waals surface area (Å²) in [4.78, 5) is 41.0. The van der Waals surface area contributed by atoms with Gasteiger partial charge in [0, 0.05) is 33.7 Å². The van der Waals surface area contributed by atoms with Crippen LogP contribution in [0.2, 0.25) is 0 Å². The van der Waals surface area contributed by atoms with Crippen molar-refractivity contribution < 1.29 is 19.1 Å². The second-order valence-electron chi connectivity index (χ2n) is 9.29. The van der Waals surface area contributed by atoms with Gasteiger partial charge in [-0.05, 0) is 61.1 Å². The van der Waals surface area contributed by atoms with Crippen LogP contribution < -0.4 is 15.4 Å². The maximum absolute atomic E-state index is 13.5. The van der Waals surface area contributed by atoms with Gasteiger partial charge in [0.2, 0.25) is 11.8 Å². The molecule has 0 saturated carbocycles. The molecule has 180 valence electrons. The number of rotatable bonds is 2. The molecule has 0 unspecified atom stereocenters. The van der Waals surface area contributed by atoms with Crippen LogP contribution in [0.3, 0.4) is 0 Å². The van der Waals surface area contributed by atoms with E-state index in [1.54, 1.807) is 19.0 Å². The van der Waals surface area contributed by atoms with Crippen LogP contribution in [0.5, 0.6) is 11.5 Å². The van der Waals surface area contributed by atoms with E-state index in [9.17, 15) is 14.4 Å². The Bertz CT molecular complexity index is 1060. The monoisotopic (exact) mass is 464 g/mol. The maximum atomic E-state index is 13.5. The largest absolute Gasteiger partial charge is 0.457 e. The van der Waals surface area contributed by atoms with Gasteiger partial charge in [-0.25, -0.2) is 4.79 Å². The summed E-state index contributed by atoms with van der Waals surface area (Å²) < 4.78 is 6.09. The van der Waals surface area contributed by atoms with E-state index >= 15 is 0 Å². The third kappa shape index (κ3) is 5.50. The predicted octanol–water partition coefficient (Wildman–Crippen LogP) is 2.57. The normalized spacial score (nSPS) is 17.4. The Morgan fingerprint density at radius 3 is 2.38 bits per heavy atom. The Morgan fingerprint density at radius 2 is 1.71 bits per heavy atom. The first-order chi connectivity index (χ1) is 16.3. The molecule has 1 fully saturated rings. The van der Waals surface area contributed by atoms with Gasteiger partial charge >= 0.3 is 6.03 Å². The van der Waals surface area contributed by atoms with Crippen LogP contribution in [0.4, 0.5) is 4.79 Å². The van der Waals surface area contributed by atoms with E-state index in [-0.39, 0.29) is 24.4 Å². The number of carbonyl (C=O) groups excluding carboxylic acids is 3. The summed E-state index contributed by atoms with van der Waals surface area (Å²) in [6, 6.07) is 15.5. The summed E-state index contributed by atoms with van der Waals surface area (Å²) in [7, 11) is 3.26. The first kappa shape index (κ1) is 23.6. The zero-order valence-electron chi connectivity index (χ0n) is 19.8. The van der Waals surface area contributed by atoms with Crippen LogP contribution in [0.15, 0.2) is 48.5 Å². The smallest absolute Gasteiger partial charge is 0.317 e. The van der Waals surface area contributed by atoms with E-state index in [4.69, 9.17) is 4.74 Å².